The average molecular weight is 134 g/mol. The zero-order valence-corrected chi connectivity index (χ0v) is 4.07. The lowest BCUT2D eigenvalue weighted by atomic mass is 11.2. The Hall–Kier alpha value is -1.59. The Balaban J connectivity index is 3.50. The maximum Gasteiger partial charge on any atom is 0.526 e. The highest BCUT2D eigenvalue weighted by molar-refractivity contribution is 5.79. The second kappa shape index (κ2) is 3.42. The lowest BCUT2D eigenvalue weighted by Crippen LogP contribution is -2.10. The average Bonchev–Trinajstić information content (AvgIpc) is 1.63. The van der Waals surface area contributed by atoms with E-state index in [1.165, 1.54) is 0 Å². The molecule has 0 spiro atoms. The van der Waals surface area contributed by atoms with Gasteiger partial charge < -0.3 is 14.6 Å². The molecule has 0 aliphatic carbocycles. The first-order valence-corrected chi connectivity index (χ1v) is 1.72. The van der Waals surface area contributed by atoms with Gasteiger partial charge in [-0.2, -0.15) is 0 Å². The second-order valence-corrected chi connectivity index (χ2v) is 0.832. The van der Waals surface area contributed by atoms with Gasteiger partial charge in [-0.1, -0.05) is 0 Å². The Morgan fingerprint density at radius 3 is 2.33 bits per heavy atom. The largest absolute Gasteiger partial charge is 0.526 e. The molecule has 0 rings (SSSR count). The maximum absolute atomic E-state index is 9.80. The van der Waals surface area contributed by atoms with E-state index < -0.39 is 12.3 Å². The van der Waals surface area contributed by atoms with Gasteiger partial charge >= 0.3 is 18.8 Å². The normalized spacial score (nSPS) is 7.56. The van der Waals surface area contributed by atoms with E-state index in [0.717, 1.165) is 0 Å². The van der Waals surface area contributed by atoms with Crippen LogP contribution in [0.15, 0.2) is 0 Å². The van der Waals surface area contributed by atoms with Crippen molar-refractivity contribution in [3.8, 4) is 0 Å². The molecule has 6 nitrogen and oxygen atoms in total. The molecule has 0 aliphatic rings. The van der Waals surface area contributed by atoms with Gasteiger partial charge in [0.25, 0.3) is 0 Å². The van der Waals surface area contributed by atoms with Crippen LogP contribution >= 0.6 is 0 Å². The molecule has 50 valence electrons. The minimum Gasteiger partial charge on any atom is -0.449 e. The van der Waals surface area contributed by atoms with Crippen LogP contribution in [-0.4, -0.2) is 23.9 Å². The number of carbonyl (C=O) groups excluding carboxylic acids is 2. The zero-order chi connectivity index (χ0) is 7.28. The van der Waals surface area contributed by atoms with Gasteiger partial charge in [0, 0.05) is 0 Å². The molecular formula is C3H2O6. The van der Waals surface area contributed by atoms with E-state index in [9.17, 15) is 14.4 Å². The van der Waals surface area contributed by atoms with E-state index in [4.69, 9.17) is 5.11 Å². The van der Waals surface area contributed by atoms with Crippen molar-refractivity contribution in [2.24, 2.45) is 0 Å². The monoisotopic (exact) mass is 134 g/mol. The summed E-state index contributed by atoms with van der Waals surface area (Å²) >= 11 is 0. The fraction of sp³-hybridized carbons (Fsp3) is 0. The first-order chi connectivity index (χ1) is 4.16. The molecule has 9 heavy (non-hydrogen) atoms. The van der Waals surface area contributed by atoms with Gasteiger partial charge in [0.05, 0.1) is 0 Å². The Labute approximate surface area is 49.0 Å². The topological polar surface area (TPSA) is 89.9 Å². The first-order valence-electron chi connectivity index (χ1n) is 1.72. The van der Waals surface area contributed by atoms with Crippen LogP contribution in [0.2, 0.25) is 0 Å². The Morgan fingerprint density at radius 1 is 1.44 bits per heavy atom. The van der Waals surface area contributed by atoms with Crippen molar-refractivity contribution in [2.45, 2.75) is 0 Å². The van der Waals surface area contributed by atoms with E-state index in [1.54, 1.807) is 0 Å². The lowest BCUT2D eigenvalue weighted by Gasteiger charge is -1.90. The van der Waals surface area contributed by atoms with Crippen LogP contribution in [0.25, 0.3) is 0 Å². The van der Waals surface area contributed by atoms with E-state index >= 15 is 0 Å². The highest BCUT2D eigenvalue weighted by Gasteiger charge is 2.07. The summed E-state index contributed by atoms with van der Waals surface area (Å²) < 4.78 is 6.74. The second-order valence-electron chi connectivity index (χ2n) is 0.832. The number of hydrogen-bond donors (Lipinski definition) is 1. The third-order valence-corrected chi connectivity index (χ3v) is 0.315. The predicted octanol–water partition coefficient (Wildman–Crippen LogP) is -0.0260. The van der Waals surface area contributed by atoms with Crippen LogP contribution in [0.3, 0.4) is 0 Å². The number of carboxylic acid groups (broad SMARTS) is 1. The Kier molecular flexibility index (Phi) is 2.81. The van der Waals surface area contributed by atoms with Gasteiger partial charge in [0.15, 0.2) is 0 Å². The molecule has 0 heterocycles. The molecule has 6 heteroatoms. The van der Waals surface area contributed by atoms with Crippen LogP contribution in [0.4, 0.5) is 9.59 Å². The van der Waals surface area contributed by atoms with E-state index in [-0.39, 0.29) is 6.47 Å². The number of hydrogen-bond acceptors (Lipinski definition) is 5. The van der Waals surface area contributed by atoms with Crippen molar-refractivity contribution in [1.29, 1.82) is 0 Å². The first kappa shape index (κ1) is 7.41. The molecule has 0 saturated heterocycles. The van der Waals surface area contributed by atoms with Crippen molar-refractivity contribution in [3.63, 3.8) is 0 Å². The summed E-state index contributed by atoms with van der Waals surface area (Å²) in [5.74, 6) is 0. The van der Waals surface area contributed by atoms with Gasteiger partial charge in [-0.15, -0.1) is 0 Å². The number of carbonyl (C=O) groups is 3. The molecule has 0 aromatic heterocycles. The lowest BCUT2D eigenvalue weighted by molar-refractivity contribution is -0.124. The zero-order valence-electron chi connectivity index (χ0n) is 4.07. The van der Waals surface area contributed by atoms with E-state index in [1.807, 2.05) is 0 Å². The third-order valence-electron chi connectivity index (χ3n) is 0.315. The van der Waals surface area contributed by atoms with Crippen molar-refractivity contribution < 1.29 is 29.0 Å². The van der Waals surface area contributed by atoms with Gasteiger partial charge in [0.2, 0.25) is 0 Å². The summed E-state index contributed by atoms with van der Waals surface area (Å²) in [4.78, 5) is 28.5. The van der Waals surface area contributed by atoms with Crippen LogP contribution in [0.5, 0.6) is 0 Å². The predicted molar refractivity (Wildman–Crippen MR) is 21.7 cm³/mol. The smallest absolute Gasteiger partial charge is 0.449 e. The van der Waals surface area contributed by atoms with Crippen LogP contribution in [0, 0.1) is 0 Å². The molecule has 0 bridgehead atoms. The van der Waals surface area contributed by atoms with Crippen molar-refractivity contribution in [3.05, 3.63) is 0 Å². The standard InChI is InChI=1S/C3H2O6/c4-1-8-3(7)9-2(5)6/h1H,(H,5,6). The Bertz CT molecular complexity index is 137. The summed E-state index contributed by atoms with van der Waals surface area (Å²) in [6, 6.07) is 0. The summed E-state index contributed by atoms with van der Waals surface area (Å²) in [6.07, 6.45) is -3.38. The molecule has 0 aliphatic heterocycles. The van der Waals surface area contributed by atoms with Crippen molar-refractivity contribution in [1.82, 2.24) is 0 Å². The summed E-state index contributed by atoms with van der Waals surface area (Å²) in [7, 11) is 0. The summed E-state index contributed by atoms with van der Waals surface area (Å²) in [5.41, 5.74) is 0. The highest BCUT2D eigenvalue weighted by Crippen LogP contribution is 1.81. The fourth-order valence-electron chi connectivity index (χ4n) is 0.135. The minimum atomic E-state index is -1.82. The number of ether oxygens (including phenoxy) is 2. The third kappa shape index (κ3) is 4.26. The highest BCUT2D eigenvalue weighted by atomic mass is 16.8. The molecule has 1 N–H and O–H groups in total. The van der Waals surface area contributed by atoms with Crippen LogP contribution in [-0.2, 0) is 14.3 Å². The van der Waals surface area contributed by atoms with Gasteiger partial charge in [-0.25, -0.2) is 9.59 Å². The van der Waals surface area contributed by atoms with Gasteiger partial charge in [-0.05, 0) is 0 Å². The van der Waals surface area contributed by atoms with Crippen LogP contribution < -0.4 is 0 Å². The summed E-state index contributed by atoms with van der Waals surface area (Å²) in [6.45, 7) is -0.231. The molecule has 0 fully saturated rings. The van der Waals surface area contributed by atoms with Crippen molar-refractivity contribution in [2.75, 3.05) is 0 Å². The molecule has 0 amide bonds. The SMILES string of the molecule is O=COC(=O)OC(=O)O. The maximum atomic E-state index is 9.80. The van der Waals surface area contributed by atoms with Gasteiger partial charge in [0.1, 0.15) is 0 Å². The number of rotatable bonds is 1. The molecular weight excluding hydrogens is 132 g/mol. The molecule has 0 aromatic carbocycles. The molecule has 0 aromatic rings. The van der Waals surface area contributed by atoms with E-state index in [2.05, 4.69) is 9.47 Å². The molecule has 0 unspecified atom stereocenters. The van der Waals surface area contributed by atoms with Gasteiger partial charge in [-0.3, -0.25) is 4.79 Å². The quantitative estimate of drug-likeness (QED) is 0.307. The Morgan fingerprint density at radius 2 is 2.00 bits per heavy atom. The fourth-order valence-corrected chi connectivity index (χ4v) is 0.135. The summed E-state index contributed by atoms with van der Waals surface area (Å²) in [5, 5.41) is 7.67. The minimum absolute atomic E-state index is 0.231. The van der Waals surface area contributed by atoms with Crippen LogP contribution in [0.1, 0.15) is 0 Å². The van der Waals surface area contributed by atoms with E-state index in [0.29, 0.717) is 0 Å². The molecule has 0 saturated carbocycles. The molecule has 0 atom stereocenters. The molecule has 0 radical (unpaired) electrons. The van der Waals surface area contributed by atoms with Crippen molar-refractivity contribution >= 4 is 18.8 Å².